The maximum Gasteiger partial charge on any atom is 0.303 e. The van der Waals surface area contributed by atoms with Crippen molar-refractivity contribution < 1.29 is 9.90 Å². The summed E-state index contributed by atoms with van der Waals surface area (Å²) >= 11 is 0. The number of carboxylic acids is 1. The van der Waals surface area contributed by atoms with Crippen molar-refractivity contribution in [1.82, 2.24) is 9.97 Å². The number of aromatic nitrogens is 2. The fourth-order valence-electron chi connectivity index (χ4n) is 2.94. The highest BCUT2D eigenvalue weighted by Gasteiger charge is 2.20. The van der Waals surface area contributed by atoms with Crippen LogP contribution in [0, 0.1) is 0 Å². The van der Waals surface area contributed by atoms with Gasteiger partial charge in [-0.1, -0.05) is 6.42 Å². The van der Waals surface area contributed by atoms with Crippen molar-refractivity contribution in [3.63, 3.8) is 0 Å². The third-order valence-corrected chi connectivity index (χ3v) is 4.04. The van der Waals surface area contributed by atoms with E-state index in [0.717, 1.165) is 25.2 Å². The maximum atomic E-state index is 10.7. The molecular formula is C16H25N3O2. The number of carboxylic acid groups (broad SMARTS) is 1. The minimum Gasteiger partial charge on any atom is -0.481 e. The summed E-state index contributed by atoms with van der Waals surface area (Å²) in [4.78, 5) is 21.9. The zero-order valence-electron chi connectivity index (χ0n) is 13.0. The minimum absolute atomic E-state index is 0.205. The van der Waals surface area contributed by atoms with E-state index in [0.29, 0.717) is 12.5 Å². The number of hydrogen-bond donors (Lipinski definition) is 1. The Bertz CT molecular complexity index is 488. The van der Waals surface area contributed by atoms with Crippen molar-refractivity contribution in [2.45, 2.75) is 64.8 Å². The molecule has 1 heterocycles. The zero-order chi connectivity index (χ0) is 15.2. The maximum absolute atomic E-state index is 10.7. The van der Waals surface area contributed by atoms with Crippen LogP contribution in [-0.4, -0.2) is 33.6 Å². The summed E-state index contributed by atoms with van der Waals surface area (Å²) in [5.74, 6) is 0.280. The summed E-state index contributed by atoms with van der Waals surface area (Å²) in [7, 11) is 0. The molecule has 0 saturated heterocycles. The lowest BCUT2D eigenvalue weighted by Crippen LogP contribution is -2.34. The Balaban J connectivity index is 2.21. The Hall–Kier alpha value is -1.65. The smallest absolute Gasteiger partial charge is 0.303 e. The number of hydrogen-bond acceptors (Lipinski definition) is 4. The van der Waals surface area contributed by atoms with E-state index >= 15 is 0 Å². The van der Waals surface area contributed by atoms with E-state index in [1.54, 1.807) is 6.33 Å². The molecule has 0 amide bonds. The standard InChI is InChI=1S/C16H25N3O2/c1-12(2)19(10-6-9-15(20)21)16-13-7-4-3-5-8-14(13)17-11-18-16/h11-12H,3-10H2,1-2H3,(H,20,21). The summed E-state index contributed by atoms with van der Waals surface area (Å²) in [6.07, 6.45) is 8.21. The van der Waals surface area contributed by atoms with Crippen molar-refractivity contribution >= 4 is 11.8 Å². The average Bonchev–Trinajstić information content (AvgIpc) is 2.68. The first-order valence-electron chi connectivity index (χ1n) is 7.90. The van der Waals surface area contributed by atoms with Crippen LogP contribution < -0.4 is 4.90 Å². The van der Waals surface area contributed by atoms with Gasteiger partial charge in [0.1, 0.15) is 12.1 Å². The monoisotopic (exact) mass is 291 g/mol. The quantitative estimate of drug-likeness (QED) is 0.816. The summed E-state index contributed by atoms with van der Waals surface area (Å²) in [6, 6.07) is 0.307. The third kappa shape index (κ3) is 4.16. The van der Waals surface area contributed by atoms with Crippen molar-refractivity contribution in [1.29, 1.82) is 0 Å². The van der Waals surface area contributed by atoms with Crippen molar-refractivity contribution in [2.24, 2.45) is 0 Å². The third-order valence-electron chi connectivity index (χ3n) is 4.04. The molecule has 0 aliphatic heterocycles. The molecule has 0 bridgehead atoms. The van der Waals surface area contributed by atoms with E-state index in [1.807, 2.05) is 0 Å². The van der Waals surface area contributed by atoms with Gasteiger partial charge in [0, 0.05) is 30.3 Å². The van der Waals surface area contributed by atoms with Crippen molar-refractivity contribution in [3.8, 4) is 0 Å². The van der Waals surface area contributed by atoms with Crippen LogP contribution in [0.3, 0.4) is 0 Å². The molecule has 5 nitrogen and oxygen atoms in total. The van der Waals surface area contributed by atoms with E-state index in [4.69, 9.17) is 5.11 Å². The molecule has 0 aromatic carbocycles. The number of carbonyl (C=O) groups is 1. The molecular weight excluding hydrogens is 266 g/mol. The molecule has 116 valence electrons. The predicted molar refractivity (Wildman–Crippen MR) is 82.6 cm³/mol. The molecule has 0 saturated carbocycles. The molecule has 0 spiro atoms. The fourth-order valence-corrected chi connectivity index (χ4v) is 2.94. The predicted octanol–water partition coefficient (Wildman–Crippen LogP) is 2.83. The number of anilines is 1. The fraction of sp³-hybridized carbons (Fsp3) is 0.688. The van der Waals surface area contributed by atoms with E-state index in [9.17, 15) is 4.79 Å². The van der Waals surface area contributed by atoms with Crippen LogP contribution in [-0.2, 0) is 17.6 Å². The van der Waals surface area contributed by atoms with E-state index < -0.39 is 5.97 Å². The molecule has 0 radical (unpaired) electrons. The average molecular weight is 291 g/mol. The number of aryl methyl sites for hydroxylation is 1. The van der Waals surface area contributed by atoms with E-state index in [1.165, 1.54) is 30.5 Å². The number of aliphatic carboxylic acids is 1. The Morgan fingerprint density at radius 1 is 1.29 bits per heavy atom. The summed E-state index contributed by atoms with van der Waals surface area (Å²) in [6.45, 7) is 4.99. The van der Waals surface area contributed by atoms with Crippen LogP contribution in [0.5, 0.6) is 0 Å². The molecule has 5 heteroatoms. The summed E-state index contributed by atoms with van der Waals surface area (Å²) in [5, 5.41) is 8.82. The van der Waals surface area contributed by atoms with Crippen LogP contribution >= 0.6 is 0 Å². The number of rotatable bonds is 6. The molecule has 21 heavy (non-hydrogen) atoms. The first kappa shape index (κ1) is 15.7. The van der Waals surface area contributed by atoms with Gasteiger partial charge in [0.25, 0.3) is 0 Å². The highest BCUT2D eigenvalue weighted by Crippen LogP contribution is 2.27. The molecule has 0 unspecified atom stereocenters. The van der Waals surface area contributed by atoms with Gasteiger partial charge in [0.15, 0.2) is 0 Å². The molecule has 1 aromatic rings. The van der Waals surface area contributed by atoms with Gasteiger partial charge in [-0.15, -0.1) is 0 Å². The topological polar surface area (TPSA) is 66.3 Å². The van der Waals surface area contributed by atoms with Gasteiger partial charge >= 0.3 is 5.97 Å². The van der Waals surface area contributed by atoms with Crippen LogP contribution in [0.25, 0.3) is 0 Å². The molecule has 2 rings (SSSR count). The molecule has 0 atom stereocenters. The second kappa shape index (κ2) is 7.38. The lowest BCUT2D eigenvalue weighted by Gasteiger charge is -2.30. The largest absolute Gasteiger partial charge is 0.481 e. The number of fused-ring (bicyclic) bond motifs is 1. The summed E-state index contributed by atoms with van der Waals surface area (Å²) in [5.41, 5.74) is 2.46. The lowest BCUT2D eigenvalue weighted by atomic mass is 10.1. The molecule has 1 N–H and O–H groups in total. The van der Waals surface area contributed by atoms with Crippen LogP contribution in [0.4, 0.5) is 5.82 Å². The Kier molecular flexibility index (Phi) is 5.53. The van der Waals surface area contributed by atoms with Crippen LogP contribution in [0.1, 0.15) is 57.2 Å². The van der Waals surface area contributed by atoms with E-state index in [-0.39, 0.29) is 6.42 Å². The van der Waals surface area contributed by atoms with Crippen molar-refractivity contribution in [2.75, 3.05) is 11.4 Å². The van der Waals surface area contributed by atoms with Crippen molar-refractivity contribution in [3.05, 3.63) is 17.6 Å². The Morgan fingerprint density at radius 3 is 2.76 bits per heavy atom. The first-order chi connectivity index (χ1) is 10.1. The van der Waals surface area contributed by atoms with Gasteiger partial charge < -0.3 is 10.0 Å². The minimum atomic E-state index is -0.736. The summed E-state index contributed by atoms with van der Waals surface area (Å²) < 4.78 is 0. The van der Waals surface area contributed by atoms with E-state index in [2.05, 4.69) is 28.7 Å². The normalized spacial score (nSPS) is 14.6. The highest BCUT2D eigenvalue weighted by molar-refractivity contribution is 5.66. The Morgan fingerprint density at radius 2 is 2.05 bits per heavy atom. The highest BCUT2D eigenvalue weighted by atomic mass is 16.4. The molecule has 0 fully saturated rings. The van der Waals surface area contributed by atoms with Crippen LogP contribution in [0.15, 0.2) is 6.33 Å². The molecule has 1 aromatic heterocycles. The van der Waals surface area contributed by atoms with Gasteiger partial charge in [-0.2, -0.15) is 0 Å². The number of nitrogens with zero attached hydrogens (tertiary/aromatic N) is 3. The SMILES string of the molecule is CC(C)N(CCCC(=O)O)c1ncnc2c1CCCCC2. The first-order valence-corrected chi connectivity index (χ1v) is 7.90. The van der Waals surface area contributed by atoms with Gasteiger partial charge in [-0.05, 0) is 46.0 Å². The zero-order valence-corrected chi connectivity index (χ0v) is 13.0. The molecule has 1 aliphatic rings. The Labute approximate surface area is 126 Å². The van der Waals surface area contributed by atoms with Gasteiger partial charge in [0.2, 0.25) is 0 Å². The second-order valence-electron chi connectivity index (χ2n) is 5.97. The lowest BCUT2D eigenvalue weighted by molar-refractivity contribution is -0.137. The molecule has 1 aliphatic carbocycles. The van der Waals surface area contributed by atoms with Gasteiger partial charge in [-0.3, -0.25) is 4.79 Å². The van der Waals surface area contributed by atoms with Gasteiger partial charge in [-0.25, -0.2) is 9.97 Å². The second-order valence-corrected chi connectivity index (χ2v) is 5.97. The van der Waals surface area contributed by atoms with Gasteiger partial charge in [0.05, 0.1) is 0 Å². The van der Waals surface area contributed by atoms with Crippen LogP contribution in [0.2, 0.25) is 0 Å².